The second kappa shape index (κ2) is 3.05. The van der Waals surface area contributed by atoms with Crippen molar-refractivity contribution in [2.24, 2.45) is 0 Å². The van der Waals surface area contributed by atoms with Crippen LogP contribution in [0.5, 0.6) is 0 Å². The molecule has 0 atom stereocenters. The minimum absolute atomic E-state index is 0.160. The number of amides is 1. The Labute approximate surface area is 74.1 Å². The Morgan fingerprint density at radius 1 is 1.42 bits per heavy atom. The van der Waals surface area contributed by atoms with Gasteiger partial charge in [0.25, 0.3) is 0 Å². The molecule has 1 saturated heterocycles. The highest BCUT2D eigenvalue weighted by atomic mass is 16.2. The van der Waals surface area contributed by atoms with Gasteiger partial charge in [-0.3, -0.25) is 4.79 Å². The fraction of sp³-hybridized carbons (Fsp3) is 0.889. The van der Waals surface area contributed by atoms with Crippen LogP contribution in [0.15, 0.2) is 0 Å². The van der Waals surface area contributed by atoms with Crippen molar-refractivity contribution in [1.82, 2.24) is 10.2 Å². The van der Waals surface area contributed by atoms with Crippen molar-refractivity contribution in [3.63, 3.8) is 0 Å². The Bertz CT molecular complexity index is 177. The van der Waals surface area contributed by atoms with Crippen molar-refractivity contribution < 1.29 is 4.79 Å². The van der Waals surface area contributed by atoms with E-state index in [1.54, 1.807) is 6.92 Å². The van der Waals surface area contributed by atoms with E-state index in [0.717, 1.165) is 13.1 Å². The number of likely N-dealkylation sites (tertiary alicyclic amines) is 1. The Balaban J connectivity index is 2.22. The molecule has 1 heterocycles. The normalized spacial score (nSPS) is 19.2. The summed E-state index contributed by atoms with van der Waals surface area (Å²) in [5.41, 5.74) is 0.160. The van der Waals surface area contributed by atoms with E-state index >= 15 is 0 Å². The maximum Gasteiger partial charge on any atom is 0.219 e. The first-order valence-electron chi connectivity index (χ1n) is 4.42. The van der Waals surface area contributed by atoms with Gasteiger partial charge < -0.3 is 10.2 Å². The van der Waals surface area contributed by atoms with E-state index in [-0.39, 0.29) is 11.4 Å². The summed E-state index contributed by atoms with van der Waals surface area (Å²) in [4.78, 5) is 12.7. The minimum Gasteiger partial charge on any atom is -0.340 e. The highest BCUT2D eigenvalue weighted by molar-refractivity contribution is 5.74. The largest absolute Gasteiger partial charge is 0.340 e. The monoisotopic (exact) mass is 170 g/mol. The average molecular weight is 170 g/mol. The summed E-state index contributed by atoms with van der Waals surface area (Å²) in [6, 6.07) is 0.494. The van der Waals surface area contributed by atoms with Crippen molar-refractivity contribution in [1.29, 1.82) is 0 Å². The fourth-order valence-electron chi connectivity index (χ4n) is 1.44. The Morgan fingerprint density at radius 2 is 1.92 bits per heavy atom. The predicted octanol–water partition coefficient (Wildman–Crippen LogP) is 0.605. The summed E-state index contributed by atoms with van der Waals surface area (Å²) in [5, 5.41) is 3.45. The molecule has 1 aliphatic heterocycles. The van der Waals surface area contributed by atoms with Gasteiger partial charge >= 0.3 is 0 Å². The molecular formula is C9H18N2O. The molecule has 0 aromatic rings. The Kier molecular flexibility index (Phi) is 2.42. The quantitative estimate of drug-likeness (QED) is 0.625. The van der Waals surface area contributed by atoms with Crippen LogP contribution in [0.25, 0.3) is 0 Å². The van der Waals surface area contributed by atoms with Gasteiger partial charge in [0.2, 0.25) is 5.91 Å². The van der Waals surface area contributed by atoms with Gasteiger partial charge in [-0.2, -0.15) is 0 Å². The second-order valence-corrected chi connectivity index (χ2v) is 4.52. The van der Waals surface area contributed by atoms with Crippen LogP contribution >= 0.6 is 0 Å². The molecule has 0 aromatic carbocycles. The van der Waals surface area contributed by atoms with Crippen LogP contribution in [0.1, 0.15) is 27.7 Å². The summed E-state index contributed by atoms with van der Waals surface area (Å²) in [6.07, 6.45) is 0. The topological polar surface area (TPSA) is 32.3 Å². The first-order chi connectivity index (χ1) is 5.38. The molecule has 0 bridgehead atoms. The molecule has 1 fully saturated rings. The van der Waals surface area contributed by atoms with Crippen LogP contribution in [0.4, 0.5) is 0 Å². The lowest BCUT2D eigenvalue weighted by Gasteiger charge is -2.42. The maximum atomic E-state index is 10.8. The van der Waals surface area contributed by atoms with Crippen LogP contribution in [0.3, 0.4) is 0 Å². The van der Waals surface area contributed by atoms with Gasteiger partial charge in [-0.15, -0.1) is 0 Å². The first kappa shape index (κ1) is 9.52. The highest BCUT2D eigenvalue weighted by Crippen LogP contribution is 2.11. The Hall–Kier alpha value is -0.570. The molecule has 3 heteroatoms. The maximum absolute atomic E-state index is 10.8. The third kappa shape index (κ3) is 2.48. The molecule has 0 spiro atoms. The van der Waals surface area contributed by atoms with Gasteiger partial charge in [0.1, 0.15) is 0 Å². The first-order valence-corrected chi connectivity index (χ1v) is 4.42. The van der Waals surface area contributed by atoms with Crippen LogP contribution in [0.2, 0.25) is 0 Å². The standard InChI is InChI=1S/C9H18N2O/c1-7(12)11-5-8(6-11)10-9(2,3)4/h8,10H,5-6H2,1-4H3. The number of hydrogen-bond donors (Lipinski definition) is 1. The van der Waals surface area contributed by atoms with E-state index in [0.29, 0.717) is 6.04 Å². The van der Waals surface area contributed by atoms with Gasteiger partial charge in [0.15, 0.2) is 0 Å². The van der Waals surface area contributed by atoms with Crippen molar-refractivity contribution in [3.8, 4) is 0 Å². The molecule has 3 nitrogen and oxygen atoms in total. The predicted molar refractivity (Wildman–Crippen MR) is 48.9 cm³/mol. The van der Waals surface area contributed by atoms with E-state index in [9.17, 15) is 4.79 Å². The number of carbonyl (C=O) groups is 1. The highest BCUT2D eigenvalue weighted by Gasteiger charge is 2.30. The minimum atomic E-state index is 0.160. The molecule has 0 saturated carbocycles. The molecule has 0 unspecified atom stereocenters. The van der Waals surface area contributed by atoms with E-state index in [4.69, 9.17) is 0 Å². The van der Waals surface area contributed by atoms with Gasteiger partial charge in [-0.05, 0) is 20.8 Å². The smallest absolute Gasteiger partial charge is 0.219 e. The van der Waals surface area contributed by atoms with Crippen molar-refractivity contribution in [2.45, 2.75) is 39.3 Å². The van der Waals surface area contributed by atoms with E-state index in [2.05, 4.69) is 26.1 Å². The lowest BCUT2D eigenvalue weighted by molar-refractivity contribution is -0.133. The summed E-state index contributed by atoms with van der Waals surface area (Å²) in [7, 11) is 0. The lowest BCUT2D eigenvalue weighted by atomic mass is 10.0. The van der Waals surface area contributed by atoms with E-state index in [1.807, 2.05) is 4.90 Å². The molecule has 12 heavy (non-hydrogen) atoms. The number of hydrogen-bond acceptors (Lipinski definition) is 2. The molecule has 1 amide bonds. The molecule has 1 N–H and O–H groups in total. The summed E-state index contributed by atoms with van der Waals surface area (Å²) in [5.74, 6) is 0.182. The number of rotatable bonds is 1. The van der Waals surface area contributed by atoms with Gasteiger partial charge in [-0.25, -0.2) is 0 Å². The van der Waals surface area contributed by atoms with Crippen LogP contribution in [-0.2, 0) is 4.79 Å². The molecule has 0 aliphatic carbocycles. The third-order valence-electron chi connectivity index (χ3n) is 1.96. The van der Waals surface area contributed by atoms with Gasteiger partial charge in [-0.1, -0.05) is 0 Å². The molecule has 0 radical (unpaired) electrons. The molecule has 1 aliphatic rings. The summed E-state index contributed by atoms with van der Waals surface area (Å²) < 4.78 is 0. The fourth-order valence-corrected chi connectivity index (χ4v) is 1.44. The zero-order valence-corrected chi connectivity index (χ0v) is 8.35. The number of nitrogens with zero attached hydrogens (tertiary/aromatic N) is 1. The van der Waals surface area contributed by atoms with Crippen molar-refractivity contribution >= 4 is 5.91 Å². The Morgan fingerprint density at radius 3 is 2.25 bits per heavy atom. The van der Waals surface area contributed by atoms with Crippen molar-refractivity contribution in [3.05, 3.63) is 0 Å². The van der Waals surface area contributed by atoms with Crippen LogP contribution < -0.4 is 5.32 Å². The molecule has 1 rings (SSSR count). The van der Waals surface area contributed by atoms with Gasteiger partial charge in [0, 0.05) is 31.6 Å². The van der Waals surface area contributed by atoms with E-state index < -0.39 is 0 Å². The van der Waals surface area contributed by atoms with Gasteiger partial charge in [0.05, 0.1) is 0 Å². The lowest BCUT2D eigenvalue weighted by Crippen LogP contribution is -2.62. The van der Waals surface area contributed by atoms with E-state index in [1.165, 1.54) is 0 Å². The van der Waals surface area contributed by atoms with Crippen LogP contribution in [0, 0.1) is 0 Å². The molecular weight excluding hydrogens is 152 g/mol. The third-order valence-corrected chi connectivity index (χ3v) is 1.96. The average Bonchev–Trinajstić information content (AvgIpc) is 1.74. The zero-order valence-electron chi connectivity index (χ0n) is 8.35. The number of nitrogens with one attached hydrogen (secondary N) is 1. The number of carbonyl (C=O) groups excluding carboxylic acids is 1. The molecule has 70 valence electrons. The SMILES string of the molecule is CC(=O)N1CC(NC(C)(C)C)C1. The zero-order chi connectivity index (χ0) is 9.35. The summed E-state index contributed by atoms with van der Waals surface area (Å²) in [6.45, 7) is 9.78. The van der Waals surface area contributed by atoms with Crippen molar-refractivity contribution in [2.75, 3.05) is 13.1 Å². The summed E-state index contributed by atoms with van der Waals surface area (Å²) >= 11 is 0. The molecule has 0 aromatic heterocycles. The second-order valence-electron chi connectivity index (χ2n) is 4.52. The van der Waals surface area contributed by atoms with Crippen LogP contribution in [-0.4, -0.2) is 35.5 Å².